The van der Waals surface area contributed by atoms with Gasteiger partial charge in [0.1, 0.15) is 0 Å². The van der Waals surface area contributed by atoms with Gasteiger partial charge in [0.15, 0.2) is 0 Å². The molecule has 1 heterocycles. The van der Waals surface area contributed by atoms with Crippen LogP contribution in [-0.4, -0.2) is 13.1 Å². The van der Waals surface area contributed by atoms with Crippen molar-refractivity contribution in [3.63, 3.8) is 0 Å². The summed E-state index contributed by atoms with van der Waals surface area (Å²) in [6.45, 7) is 6.93. The highest BCUT2D eigenvalue weighted by atomic mass is 28.3. The second-order valence-corrected chi connectivity index (χ2v) is 10.4. The van der Waals surface area contributed by atoms with Gasteiger partial charge in [0, 0.05) is 11.8 Å². The number of nitriles is 1. The van der Waals surface area contributed by atoms with Crippen LogP contribution in [-0.2, 0) is 0 Å². The maximum absolute atomic E-state index is 8.76. The van der Waals surface area contributed by atoms with Crippen LogP contribution in [0, 0.1) is 11.3 Å². The topological polar surface area (TPSA) is 36.7 Å². The number of hydrogen-bond donors (Lipinski definition) is 0. The molecule has 0 N–H and O–H groups in total. The molecule has 2 aromatic rings. The minimum Gasteiger partial charge on any atom is -0.256 e. The van der Waals surface area contributed by atoms with E-state index in [2.05, 4.69) is 42.8 Å². The number of benzene rings is 1. The molecule has 3 heteroatoms. The van der Waals surface area contributed by atoms with Gasteiger partial charge < -0.3 is 0 Å². The van der Waals surface area contributed by atoms with Crippen molar-refractivity contribution >= 4 is 13.3 Å². The Bertz CT molecular complexity index is 572. The third-order valence-electron chi connectivity index (χ3n) is 2.94. The summed E-state index contributed by atoms with van der Waals surface area (Å²) in [6, 6.07) is 13.9. The maximum atomic E-state index is 8.76. The van der Waals surface area contributed by atoms with Gasteiger partial charge in [0.05, 0.1) is 25.4 Å². The summed E-state index contributed by atoms with van der Waals surface area (Å²) in [4.78, 5) is 4.52. The Morgan fingerprint density at radius 2 is 1.67 bits per heavy atom. The van der Waals surface area contributed by atoms with Crippen LogP contribution in [0.4, 0.5) is 0 Å². The van der Waals surface area contributed by atoms with Crippen LogP contribution in [0.3, 0.4) is 0 Å². The van der Waals surface area contributed by atoms with Crippen molar-refractivity contribution in [2.24, 2.45) is 0 Å². The lowest BCUT2D eigenvalue weighted by Crippen LogP contribution is -2.37. The van der Waals surface area contributed by atoms with Gasteiger partial charge in [0.25, 0.3) is 0 Å². The normalized spacial score (nSPS) is 11.0. The molecule has 18 heavy (non-hydrogen) atoms. The van der Waals surface area contributed by atoms with Gasteiger partial charge in [-0.05, 0) is 23.4 Å². The monoisotopic (exact) mass is 252 g/mol. The van der Waals surface area contributed by atoms with E-state index in [0.717, 1.165) is 11.3 Å². The van der Waals surface area contributed by atoms with Crippen molar-refractivity contribution in [1.82, 2.24) is 4.98 Å². The van der Waals surface area contributed by atoms with Gasteiger partial charge in [-0.3, -0.25) is 4.98 Å². The minimum absolute atomic E-state index is 0.678. The first-order valence-electron chi connectivity index (χ1n) is 5.98. The van der Waals surface area contributed by atoms with Crippen molar-refractivity contribution in [2.45, 2.75) is 19.6 Å². The lowest BCUT2D eigenvalue weighted by molar-refractivity contribution is 1.33. The van der Waals surface area contributed by atoms with E-state index in [1.165, 1.54) is 5.19 Å². The highest BCUT2D eigenvalue weighted by Crippen LogP contribution is 2.16. The predicted octanol–water partition coefficient (Wildman–Crippen LogP) is 3.17. The van der Waals surface area contributed by atoms with E-state index in [1.54, 1.807) is 0 Å². The Kier molecular flexibility index (Phi) is 3.31. The van der Waals surface area contributed by atoms with Crippen LogP contribution in [0.2, 0.25) is 19.6 Å². The fourth-order valence-corrected chi connectivity index (χ4v) is 2.76. The van der Waals surface area contributed by atoms with Crippen LogP contribution in [0.15, 0.2) is 42.6 Å². The summed E-state index contributed by atoms with van der Waals surface area (Å²) in [5, 5.41) is 10.1. The summed E-state index contributed by atoms with van der Waals surface area (Å²) in [5.74, 6) is 0. The first-order chi connectivity index (χ1) is 8.50. The number of nitrogens with zero attached hydrogens (tertiary/aromatic N) is 2. The first-order valence-corrected chi connectivity index (χ1v) is 9.48. The summed E-state index contributed by atoms with van der Waals surface area (Å²) in [6.07, 6.45) is 1.99. The molecule has 1 aromatic heterocycles. The molecule has 0 fully saturated rings. The summed E-state index contributed by atoms with van der Waals surface area (Å²) < 4.78 is 0. The molecule has 0 aliphatic heterocycles. The SMILES string of the molecule is C[Si](C)(C)c1ccc(-c2ccc(C#N)cc2)nc1. The predicted molar refractivity (Wildman–Crippen MR) is 77.4 cm³/mol. The second kappa shape index (κ2) is 4.75. The average Bonchev–Trinajstić information content (AvgIpc) is 2.38. The highest BCUT2D eigenvalue weighted by molar-refractivity contribution is 6.88. The van der Waals surface area contributed by atoms with E-state index < -0.39 is 8.07 Å². The Morgan fingerprint density at radius 3 is 2.11 bits per heavy atom. The van der Waals surface area contributed by atoms with Gasteiger partial charge >= 0.3 is 0 Å². The van der Waals surface area contributed by atoms with E-state index in [0.29, 0.717) is 5.56 Å². The van der Waals surface area contributed by atoms with Crippen LogP contribution >= 0.6 is 0 Å². The van der Waals surface area contributed by atoms with E-state index in [9.17, 15) is 0 Å². The fourth-order valence-electron chi connectivity index (χ4n) is 1.72. The molecule has 0 radical (unpaired) electrons. The van der Waals surface area contributed by atoms with Crippen molar-refractivity contribution < 1.29 is 0 Å². The van der Waals surface area contributed by atoms with Gasteiger partial charge in [0.2, 0.25) is 0 Å². The molecule has 0 aliphatic rings. The molecule has 0 saturated carbocycles. The Morgan fingerprint density at radius 1 is 1.00 bits per heavy atom. The zero-order chi connectivity index (χ0) is 13.2. The first kappa shape index (κ1) is 12.5. The standard InChI is InChI=1S/C15H16N2Si/c1-18(2,3)14-8-9-15(17-11-14)13-6-4-12(10-16)5-7-13/h4-9,11H,1-3H3. The molecule has 0 unspecified atom stereocenters. The lowest BCUT2D eigenvalue weighted by atomic mass is 10.1. The van der Waals surface area contributed by atoms with Crippen molar-refractivity contribution in [3.8, 4) is 17.3 Å². The molecule has 0 spiro atoms. The van der Waals surface area contributed by atoms with Crippen molar-refractivity contribution in [2.75, 3.05) is 0 Å². The molecule has 0 bridgehead atoms. The van der Waals surface area contributed by atoms with Crippen LogP contribution in [0.1, 0.15) is 5.56 Å². The summed E-state index contributed by atoms with van der Waals surface area (Å²) >= 11 is 0. The quantitative estimate of drug-likeness (QED) is 0.770. The van der Waals surface area contributed by atoms with Crippen LogP contribution in [0.5, 0.6) is 0 Å². The zero-order valence-electron chi connectivity index (χ0n) is 10.9. The highest BCUT2D eigenvalue weighted by Gasteiger charge is 2.16. The largest absolute Gasteiger partial charge is 0.256 e. The maximum Gasteiger partial charge on any atom is 0.0991 e. The molecule has 0 amide bonds. The smallest absolute Gasteiger partial charge is 0.0991 e. The molecule has 0 atom stereocenters. The Hall–Kier alpha value is -1.92. The molecule has 2 nitrogen and oxygen atoms in total. The number of rotatable bonds is 2. The Labute approximate surface area is 109 Å². The van der Waals surface area contributed by atoms with Crippen molar-refractivity contribution in [3.05, 3.63) is 48.2 Å². The summed E-state index contributed by atoms with van der Waals surface area (Å²) in [5.41, 5.74) is 2.69. The number of aromatic nitrogens is 1. The van der Waals surface area contributed by atoms with E-state index in [1.807, 2.05) is 30.5 Å². The second-order valence-electron chi connectivity index (χ2n) is 5.37. The van der Waals surface area contributed by atoms with Crippen LogP contribution < -0.4 is 5.19 Å². The third-order valence-corrected chi connectivity index (χ3v) is 4.97. The van der Waals surface area contributed by atoms with E-state index in [-0.39, 0.29) is 0 Å². The van der Waals surface area contributed by atoms with Gasteiger partial charge in [-0.2, -0.15) is 5.26 Å². The molecule has 90 valence electrons. The fraction of sp³-hybridized carbons (Fsp3) is 0.200. The van der Waals surface area contributed by atoms with Gasteiger partial charge in [-0.25, -0.2) is 0 Å². The molecular weight excluding hydrogens is 236 g/mol. The molecule has 1 aromatic carbocycles. The van der Waals surface area contributed by atoms with Gasteiger partial charge in [-0.1, -0.05) is 37.8 Å². The molecule has 0 aliphatic carbocycles. The molecule has 2 rings (SSSR count). The number of hydrogen-bond acceptors (Lipinski definition) is 2. The number of pyridine rings is 1. The van der Waals surface area contributed by atoms with Crippen molar-refractivity contribution in [1.29, 1.82) is 5.26 Å². The lowest BCUT2D eigenvalue weighted by Gasteiger charge is -2.16. The Balaban J connectivity index is 2.32. The third kappa shape index (κ3) is 2.66. The molecule has 0 saturated heterocycles. The van der Waals surface area contributed by atoms with E-state index >= 15 is 0 Å². The minimum atomic E-state index is -1.28. The molecular formula is C15H16N2Si. The van der Waals surface area contributed by atoms with E-state index in [4.69, 9.17) is 5.26 Å². The average molecular weight is 252 g/mol. The van der Waals surface area contributed by atoms with Gasteiger partial charge in [-0.15, -0.1) is 0 Å². The van der Waals surface area contributed by atoms with Crippen LogP contribution in [0.25, 0.3) is 11.3 Å². The zero-order valence-corrected chi connectivity index (χ0v) is 11.9. The summed E-state index contributed by atoms with van der Waals surface area (Å²) in [7, 11) is -1.28.